The van der Waals surface area contributed by atoms with E-state index in [0.717, 1.165) is 50.1 Å². The van der Waals surface area contributed by atoms with Gasteiger partial charge in [-0.3, -0.25) is 9.89 Å². The molecule has 0 bridgehead atoms. The van der Waals surface area contributed by atoms with Gasteiger partial charge in [0.25, 0.3) is 0 Å². The maximum atomic E-state index is 4.46. The van der Waals surface area contributed by atoms with Gasteiger partial charge in [0, 0.05) is 50.3 Å². The van der Waals surface area contributed by atoms with Gasteiger partial charge in [-0.05, 0) is 12.8 Å². The second-order valence-corrected chi connectivity index (χ2v) is 6.99. The molecular weight excluding hydrogens is 421 g/mol. The van der Waals surface area contributed by atoms with E-state index in [1.807, 2.05) is 13.2 Å². The summed E-state index contributed by atoms with van der Waals surface area (Å²) in [6.45, 7) is 7.29. The Balaban J connectivity index is 0.00000192. The van der Waals surface area contributed by atoms with Crippen LogP contribution in [0.4, 0.5) is 0 Å². The van der Waals surface area contributed by atoms with E-state index in [1.165, 1.54) is 11.3 Å². The minimum atomic E-state index is 0. The Morgan fingerprint density at radius 1 is 1.43 bits per heavy atom. The van der Waals surface area contributed by atoms with Crippen LogP contribution in [0.3, 0.4) is 0 Å². The van der Waals surface area contributed by atoms with Crippen LogP contribution in [0.5, 0.6) is 0 Å². The van der Waals surface area contributed by atoms with Gasteiger partial charge >= 0.3 is 0 Å². The van der Waals surface area contributed by atoms with Crippen molar-refractivity contribution in [3.63, 3.8) is 0 Å². The number of nitrogens with zero attached hydrogens (tertiary/aromatic N) is 4. The van der Waals surface area contributed by atoms with E-state index in [2.05, 4.69) is 44.2 Å². The van der Waals surface area contributed by atoms with Crippen molar-refractivity contribution in [1.29, 1.82) is 0 Å². The quantitative estimate of drug-likeness (QED) is 0.333. The minimum Gasteiger partial charge on any atom is -0.350 e. The summed E-state index contributed by atoms with van der Waals surface area (Å²) in [6, 6.07) is 0.653. The molecule has 1 N–H and O–H groups in total. The topological polar surface area (TPSA) is 43.8 Å². The van der Waals surface area contributed by atoms with Crippen molar-refractivity contribution < 1.29 is 0 Å². The third-order valence-corrected chi connectivity index (χ3v) is 5.53. The zero-order valence-corrected chi connectivity index (χ0v) is 17.0. The molecule has 3 rings (SSSR count). The molecule has 0 aromatic carbocycles. The molecule has 128 valence electrons. The summed E-state index contributed by atoms with van der Waals surface area (Å²) in [5, 5.41) is 4.60. The number of halogens is 1. The smallest absolute Gasteiger partial charge is 0.194 e. The predicted octanol–water partition coefficient (Wildman–Crippen LogP) is 2.35. The molecule has 3 heterocycles. The van der Waals surface area contributed by atoms with Gasteiger partial charge in [0.15, 0.2) is 5.96 Å². The molecule has 0 radical (unpaired) electrons. The monoisotopic (exact) mass is 447 g/mol. The Labute approximate surface area is 159 Å². The number of aryl methyl sites for hydroxylation is 1. The number of hydrogen-bond donors (Lipinski definition) is 1. The third kappa shape index (κ3) is 4.67. The van der Waals surface area contributed by atoms with Crippen molar-refractivity contribution in [3.8, 4) is 0 Å². The fraction of sp³-hybridized carbons (Fsp3) is 0.625. The Morgan fingerprint density at radius 2 is 2.22 bits per heavy atom. The third-order valence-electron chi connectivity index (χ3n) is 4.39. The fourth-order valence-corrected chi connectivity index (χ4v) is 3.91. The number of rotatable bonds is 4. The number of likely N-dealkylation sites (tertiary alicyclic amines) is 1. The molecule has 1 aromatic heterocycles. The van der Waals surface area contributed by atoms with Crippen LogP contribution in [0.2, 0.25) is 0 Å². The molecule has 5 nitrogen and oxygen atoms in total. The molecule has 0 spiro atoms. The summed E-state index contributed by atoms with van der Waals surface area (Å²) >= 11 is 1.79. The SMILES string of the molecule is CCc1cnc(CNC(=NC)N2CCC(N3CC=CC3)C2)s1.I. The van der Waals surface area contributed by atoms with Crippen LogP contribution in [0.1, 0.15) is 23.2 Å². The van der Waals surface area contributed by atoms with Crippen LogP contribution in [0.15, 0.2) is 23.3 Å². The summed E-state index contributed by atoms with van der Waals surface area (Å²) in [5.41, 5.74) is 0. The van der Waals surface area contributed by atoms with Crippen LogP contribution >= 0.6 is 35.3 Å². The number of aliphatic imine (C=N–C) groups is 1. The molecule has 2 aliphatic rings. The predicted molar refractivity (Wildman–Crippen MR) is 108 cm³/mol. The first-order valence-electron chi connectivity index (χ1n) is 8.08. The first-order valence-corrected chi connectivity index (χ1v) is 8.90. The molecule has 1 atom stereocenters. The fourth-order valence-electron chi connectivity index (χ4n) is 3.10. The molecule has 0 amide bonds. The van der Waals surface area contributed by atoms with Gasteiger partial charge in [0.2, 0.25) is 0 Å². The van der Waals surface area contributed by atoms with Crippen molar-refractivity contribution in [2.45, 2.75) is 32.4 Å². The average molecular weight is 447 g/mol. The lowest BCUT2D eigenvalue weighted by molar-refractivity contribution is 0.259. The van der Waals surface area contributed by atoms with Crippen LogP contribution in [-0.4, -0.2) is 60.0 Å². The molecule has 1 aromatic rings. The number of aromatic nitrogens is 1. The molecule has 2 aliphatic heterocycles. The summed E-state index contributed by atoms with van der Waals surface area (Å²) in [4.78, 5) is 15.2. The lowest BCUT2D eigenvalue weighted by Crippen LogP contribution is -2.42. The molecular formula is C16H26IN5S. The van der Waals surface area contributed by atoms with Crippen LogP contribution in [0.25, 0.3) is 0 Å². The van der Waals surface area contributed by atoms with E-state index < -0.39 is 0 Å². The van der Waals surface area contributed by atoms with E-state index >= 15 is 0 Å². The van der Waals surface area contributed by atoms with Gasteiger partial charge in [-0.2, -0.15) is 0 Å². The summed E-state index contributed by atoms with van der Waals surface area (Å²) in [5.74, 6) is 1.00. The maximum Gasteiger partial charge on any atom is 0.194 e. The van der Waals surface area contributed by atoms with E-state index in [9.17, 15) is 0 Å². The highest BCUT2D eigenvalue weighted by Crippen LogP contribution is 2.18. The normalized spacial score (nSPS) is 21.7. The number of guanidine groups is 1. The number of thiazole rings is 1. The average Bonchev–Trinajstić information content (AvgIpc) is 3.28. The Morgan fingerprint density at radius 3 is 2.87 bits per heavy atom. The lowest BCUT2D eigenvalue weighted by Gasteiger charge is -2.25. The molecule has 0 saturated carbocycles. The molecule has 23 heavy (non-hydrogen) atoms. The molecule has 1 fully saturated rings. The summed E-state index contributed by atoms with van der Waals surface area (Å²) in [6.07, 6.45) is 8.80. The van der Waals surface area contributed by atoms with E-state index in [4.69, 9.17) is 0 Å². The zero-order valence-electron chi connectivity index (χ0n) is 13.9. The van der Waals surface area contributed by atoms with Gasteiger partial charge in [0.1, 0.15) is 5.01 Å². The van der Waals surface area contributed by atoms with Gasteiger partial charge in [-0.15, -0.1) is 35.3 Å². The molecule has 1 unspecified atom stereocenters. The van der Waals surface area contributed by atoms with Crippen molar-refractivity contribution in [2.24, 2.45) is 4.99 Å². The van der Waals surface area contributed by atoms with E-state index in [1.54, 1.807) is 11.3 Å². The van der Waals surface area contributed by atoms with Gasteiger partial charge in [-0.25, -0.2) is 4.98 Å². The summed E-state index contributed by atoms with van der Waals surface area (Å²) < 4.78 is 0. The Bertz CT molecular complexity index is 548. The van der Waals surface area contributed by atoms with E-state index in [-0.39, 0.29) is 24.0 Å². The van der Waals surface area contributed by atoms with Crippen molar-refractivity contribution in [1.82, 2.24) is 20.1 Å². The Kier molecular flexibility index (Phi) is 7.29. The molecule has 1 saturated heterocycles. The van der Waals surface area contributed by atoms with Crippen molar-refractivity contribution in [3.05, 3.63) is 28.2 Å². The van der Waals surface area contributed by atoms with Gasteiger partial charge in [-0.1, -0.05) is 19.1 Å². The minimum absolute atomic E-state index is 0. The largest absolute Gasteiger partial charge is 0.350 e. The molecule has 0 aliphatic carbocycles. The zero-order chi connectivity index (χ0) is 15.4. The Hall–Kier alpha value is -0.670. The highest BCUT2D eigenvalue weighted by molar-refractivity contribution is 14.0. The van der Waals surface area contributed by atoms with Crippen LogP contribution in [-0.2, 0) is 13.0 Å². The first-order chi connectivity index (χ1) is 10.8. The lowest BCUT2D eigenvalue weighted by atomic mass is 10.2. The highest BCUT2D eigenvalue weighted by atomic mass is 127. The van der Waals surface area contributed by atoms with E-state index in [0.29, 0.717) is 6.04 Å². The number of hydrogen-bond acceptors (Lipinski definition) is 4. The first kappa shape index (κ1) is 18.7. The highest BCUT2D eigenvalue weighted by Gasteiger charge is 2.29. The standard InChI is InChI=1S/C16H25N5S.HI/c1-3-14-10-18-15(22-14)11-19-16(17-2)21-9-6-13(12-21)20-7-4-5-8-20;/h4-5,10,13H,3,6-9,11-12H2,1-2H3,(H,17,19);1H. The second kappa shape index (κ2) is 8.98. The van der Waals surface area contributed by atoms with Crippen LogP contribution in [0, 0.1) is 0 Å². The second-order valence-electron chi connectivity index (χ2n) is 5.79. The molecule has 7 heteroatoms. The maximum absolute atomic E-state index is 4.46. The van der Waals surface area contributed by atoms with Gasteiger partial charge in [0.05, 0.1) is 6.54 Å². The van der Waals surface area contributed by atoms with Gasteiger partial charge < -0.3 is 10.2 Å². The van der Waals surface area contributed by atoms with Crippen molar-refractivity contribution >= 4 is 41.3 Å². The van der Waals surface area contributed by atoms with Crippen molar-refractivity contribution in [2.75, 3.05) is 33.2 Å². The number of nitrogens with one attached hydrogen (secondary N) is 1. The van der Waals surface area contributed by atoms with Crippen LogP contribution < -0.4 is 5.32 Å². The summed E-state index contributed by atoms with van der Waals surface area (Å²) in [7, 11) is 1.87.